The summed E-state index contributed by atoms with van der Waals surface area (Å²) >= 11 is 0. The smallest absolute Gasteiger partial charge is 0.265 e. The van der Waals surface area contributed by atoms with Crippen molar-refractivity contribution < 1.29 is 9.58 Å². The fourth-order valence-electron chi connectivity index (χ4n) is 1.95. The molecule has 1 unspecified atom stereocenters. The van der Waals surface area contributed by atoms with Crippen LogP contribution in [0.25, 0.3) is 0 Å². The highest BCUT2D eigenvalue weighted by Crippen LogP contribution is 2.46. The van der Waals surface area contributed by atoms with Crippen molar-refractivity contribution in [1.82, 2.24) is 0 Å². The topological polar surface area (TPSA) is 12.2 Å². The lowest BCUT2D eigenvalue weighted by molar-refractivity contribution is -0.715. The molecule has 0 radical (unpaired) electrons. The van der Waals surface area contributed by atoms with Crippen molar-refractivity contribution in [2.75, 3.05) is 7.11 Å². The van der Waals surface area contributed by atoms with E-state index in [0.717, 1.165) is 12.8 Å². The van der Waals surface area contributed by atoms with Crippen molar-refractivity contribution in [2.24, 2.45) is 10.8 Å². The van der Waals surface area contributed by atoms with E-state index in [2.05, 4.69) is 51.1 Å². The van der Waals surface area contributed by atoms with Crippen molar-refractivity contribution in [3.05, 3.63) is 24.3 Å². The Kier molecular flexibility index (Phi) is 4.17. The Bertz CT molecular complexity index is 396. The maximum absolute atomic E-state index is 5.32. The van der Waals surface area contributed by atoms with Crippen molar-refractivity contribution >= 4 is 6.21 Å². The van der Waals surface area contributed by atoms with Gasteiger partial charge in [0.25, 0.3) is 6.04 Å². The molecule has 0 fully saturated rings. The predicted octanol–water partition coefficient (Wildman–Crippen LogP) is 3.16. The summed E-state index contributed by atoms with van der Waals surface area (Å²) in [6, 6.07) is 2.46. The highest BCUT2D eigenvalue weighted by Gasteiger charge is 2.39. The number of hydrogen-bond acceptors (Lipinski definition) is 1. The van der Waals surface area contributed by atoms with Crippen LogP contribution in [0.3, 0.4) is 0 Å². The van der Waals surface area contributed by atoms with Crippen LogP contribution in [0.15, 0.2) is 24.3 Å². The Balaban J connectivity index is 2.82. The Morgan fingerprint density at radius 2 is 2.24 bits per heavy atom. The fraction of sp³-hybridized carbons (Fsp3) is 0.533. The van der Waals surface area contributed by atoms with Gasteiger partial charge in [0, 0.05) is 6.42 Å². The number of hydrogen-bond donors (Lipinski definition) is 0. The van der Waals surface area contributed by atoms with Gasteiger partial charge in [-0.1, -0.05) is 45.1 Å². The number of hydroxylamine groups is 1. The second-order valence-electron chi connectivity index (χ2n) is 5.32. The minimum absolute atomic E-state index is 0.127. The molecule has 2 nitrogen and oxygen atoms in total. The van der Waals surface area contributed by atoms with Gasteiger partial charge >= 0.3 is 0 Å². The lowest BCUT2D eigenvalue weighted by atomic mass is 9.62. The van der Waals surface area contributed by atoms with Crippen LogP contribution in [-0.2, 0) is 4.84 Å². The van der Waals surface area contributed by atoms with Crippen molar-refractivity contribution in [1.29, 1.82) is 0 Å². The zero-order chi connectivity index (χ0) is 12.9. The van der Waals surface area contributed by atoms with Crippen LogP contribution in [0.4, 0.5) is 0 Å². The van der Waals surface area contributed by atoms with Gasteiger partial charge in [-0.05, 0) is 23.7 Å². The maximum Gasteiger partial charge on any atom is 0.273 e. The first kappa shape index (κ1) is 13.6. The average Bonchev–Trinajstić information content (AvgIpc) is 2.31. The number of rotatable bonds is 4. The number of nitrogens with zero attached hydrogens (tertiary/aromatic N) is 1. The van der Waals surface area contributed by atoms with E-state index in [1.165, 1.54) is 4.74 Å². The first-order valence-corrected chi connectivity index (χ1v) is 5.92. The van der Waals surface area contributed by atoms with Gasteiger partial charge in [-0.25, -0.2) is 0 Å². The molecule has 1 aliphatic rings. The molecule has 1 aliphatic carbocycles. The lowest BCUT2D eigenvalue weighted by Gasteiger charge is -2.41. The van der Waals surface area contributed by atoms with Crippen LogP contribution in [0.1, 0.15) is 33.6 Å². The molecule has 0 saturated heterocycles. The van der Waals surface area contributed by atoms with Crippen LogP contribution >= 0.6 is 0 Å². The lowest BCUT2D eigenvalue weighted by Crippen LogP contribution is -2.35. The summed E-state index contributed by atoms with van der Waals surface area (Å²) in [6.45, 7) is 6.81. The summed E-state index contributed by atoms with van der Waals surface area (Å²) in [5.41, 5.74) is 0.286. The summed E-state index contributed by atoms with van der Waals surface area (Å²) < 4.78 is 1.42. The van der Waals surface area contributed by atoms with Gasteiger partial charge in [0.15, 0.2) is 7.11 Å². The quantitative estimate of drug-likeness (QED) is 0.238. The van der Waals surface area contributed by atoms with Gasteiger partial charge in [-0.2, -0.15) is 0 Å². The van der Waals surface area contributed by atoms with Crippen LogP contribution in [0, 0.1) is 23.3 Å². The fourth-order valence-corrected chi connectivity index (χ4v) is 1.95. The largest absolute Gasteiger partial charge is 0.273 e. The van der Waals surface area contributed by atoms with Gasteiger partial charge < -0.3 is 0 Å². The van der Waals surface area contributed by atoms with Crippen molar-refractivity contribution in [2.45, 2.75) is 33.6 Å². The minimum atomic E-state index is 0.127. The Morgan fingerprint density at radius 3 is 2.71 bits per heavy atom. The van der Waals surface area contributed by atoms with Crippen molar-refractivity contribution in [3.8, 4) is 12.5 Å². The van der Waals surface area contributed by atoms with Gasteiger partial charge in [0.1, 0.15) is 0 Å². The molecule has 0 heterocycles. The molecule has 0 saturated carbocycles. The summed E-state index contributed by atoms with van der Waals surface area (Å²) in [5.74, 6) is 0. The van der Waals surface area contributed by atoms with Crippen LogP contribution < -0.4 is 0 Å². The zero-order valence-corrected chi connectivity index (χ0v) is 11.2. The molecule has 0 N–H and O–H groups in total. The summed E-state index contributed by atoms with van der Waals surface area (Å²) in [4.78, 5) is 5.02. The molecule has 2 heteroatoms. The summed E-state index contributed by atoms with van der Waals surface area (Å²) in [6.07, 6.45) is 17.9. The van der Waals surface area contributed by atoms with E-state index in [0.29, 0.717) is 0 Å². The van der Waals surface area contributed by atoms with Crippen molar-refractivity contribution in [3.63, 3.8) is 0 Å². The molecule has 92 valence electrons. The summed E-state index contributed by atoms with van der Waals surface area (Å²) in [7, 11) is 1.58. The third kappa shape index (κ3) is 3.00. The molecule has 0 bridgehead atoms. The molecule has 0 aromatic carbocycles. The molecule has 0 spiro atoms. The molecular weight excluding hydrogens is 210 g/mol. The standard InChI is InChI=1S/C15H22NO/c1-6-16(17-5)13-12-14(2,3)15(4)10-8-7-9-11-15/h1,7-10,13H,11-12H2,2-5H3/q+1. The molecule has 0 amide bonds. The second-order valence-corrected chi connectivity index (χ2v) is 5.32. The monoisotopic (exact) mass is 232 g/mol. The molecule has 1 atom stereocenters. The molecule has 17 heavy (non-hydrogen) atoms. The third-order valence-corrected chi connectivity index (χ3v) is 3.89. The second kappa shape index (κ2) is 5.23. The highest BCUT2D eigenvalue weighted by atomic mass is 16.6. The Labute approximate surface area is 105 Å². The zero-order valence-electron chi connectivity index (χ0n) is 11.2. The van der Waals surface area contributed by atoms with Crippen LogP contribution in [0.2, 0.25) is 0 Å². The third-order valence-electron chi connectivity index (χ3n) is 3.89. The van der Waals surface area contributed by atoms with Crippen LogP contribution in [0.5, 0.6) is 0 Å². The molecule has 0 aromatic heterocycles. The van der Waals surface area contributed by atoms with E-state index in [-0.39, 0.29) is 10.8 Å². The molecule has 0 aromatic rings. The van der Waals surface area contributed by atoms with Gasteiger partial charge in [-0.3, -0.25) is 4.84 Å². The van der Waals surface area contributed by atoms with E-state index in [9.17, 15) is 0 Å². The SMILES string of the molecule is C#C[N+](=CCC(C)(C)C1(C)C=CC=CC1)OC. The number of terminal acetylenes is 1. The first-order valence-electron chi connectivity index (χ1n) is 5.92. The average molecular weight is 232 g/mol. The van der Waals surface area contributed by atoms with Gasteiger partial charge in [0.2, 0.25) is 6.21 Å². The Hall–Kier alpha value is -1.49. The predicted molar refractivity (Wildman–Crippen MR) is 71.6 cm³/mol. The molecular formula is C15H22NO+. The van der Waals surface area contributed by atoms with Gasteiger partial charge in [-0.15, -0.1) is 0 Å². The summed E-state index contributed by atoms with van der Waals surface area (Å²) in [5, 5.41) is 0. The molecule has 1 rings (SSSR count). The van der Waals surface area contributed by atoms with E-state index < -0.39 is 0 Å². The van der Waals surface area contributed by atoms with E-state index >= 15 is 0 Å². The molecule has 0 aliphatic heterocycles. The number of allylic oxidation sites excluding steroid dienone is 4. The first-order chi connectivity index (χ1) is 7.95. The van der Waals surface area contributed by atoms with E-state index in [4.69, 9.17) is 11.3 Å². The maximum atomic E-state index is 5.32. The van der Waals surface area contributed by atoms with E-state index in [1.807, 2.05) is 6.21 Å². The highest BCUT2D eigenvalue weighted by molar-refractivity contribution is 5.53. The van der Waals surface area contributed by atoms with E-state index in [1.54, 1.807) is 7.11 Å². The Morgan fingerprint density at radius 1 is 1.53 bits per heavy atom. The van der Waals surface area contributed by atoms with Gasteiger partial charge in [0.05, 0.1) is 4.74 Å². The normalized spacial score (nSPS) is 24.5. The minimum Gasteiger partial charge on any atom is -0.265 e. The van der Waals surface area contributed by atoms with Crippen LogP contribution in [-0.4, -0.2) is 18.1 Å².